The lowest BCUT2D eigenvalue weighted by Crippen LogP contribution is -2.55. The topological polar surface area (TPSA) is 49.4 Å². The summed E-state index contributed by atoms with van der Waals surface area (Å²) in [7, 11) is 0. The van der Waals surface area contributed by atoms with Gasteiger partial charge in [0.15, 0.2) is 0 Å². The normalized spacial score (nSPS) is 24.7. The summed E-state index contributed by atoms with van der Waals surface area (Å²) in [6.45, 7) is 3.57. The zero-order valence-corrected chi connectivity index (χ0v) is 7.76. The van der Waals surface area contributed by atoms with Crippen LogP contribution < -0.4 is 5.32 Å². The second-order valence-electron chi connectivity index (χ2n) is 2.98. The summed E-state index contributed by atoms with van der Waals surface area (Å²) in [5.74, 6) is -0.214. The summed E-state index contributed by atoms with van der Waals surface area (Å²) >= 11 is 5.60. The number of hydrogen-bond acceptors (Lipinski definition) is 2. The van der Waals surface area contributed by atoms with Gasteiger partial charge in [-0.3, -0.25) is 9.69 Å². The molecule has 1 saturated heterocycles. The molecular formula is C7H11ClN2O2. The van der Waals surface area contributed by atoms with E-state index in [4.69, 9.17) is 11.6 Å². The lowest BCUT2D eigenvalue weighted by Gasteiger charge is -2.31. The third-order valence-electron chi connectivity index (χ3n) is 1.64. The molecule has 1 heterocycles. The number of imide groups is 1. The summed E-state index contributed by atoms with van der Waals surface area (Å²) in [5.41, 5.74) is -0.556. The monoisotopic (exact) mass is 190 g/mol. The van der Waals surface area contributed by atoms with Crippen LogP contribution in [0.5, 0.6) is 0 Å². The molecule has 0 aromatic heterocycles. The van der Waals surface area contributed by atoms with Gasteiger partial charge < -0.3 is 5.32 Å². The zero-order chi connectivity index (χ0) is 9.30. The quantitative estimate of drug-likeness (QED) is 0.494. The molecule has 0 aliphatic carbocycles. The number of alkyl halides is 1. The van der Waals surface area contributed by atoms with Crippen LogP contribution in [0, 0.1) is 0 Å². The van der Waals surface area contributed by atoms with Gasteiger partial charge in [0.05, 0.1) is 6.42 Å². The number of halogens is 1. The van der Waals surface area contributed by atoms with Crippen molar-refractivity contribution >= 4 is 23.5 Å². The Kier molecular flexibility index (Phi) is 2.57. The molecule has 1 fully saturated rings. The first-order chi connectivity index (χ1) is 5.52. The molecule has 0 saturated carbocycles. The Labute approximate surface area is 75.9 Å². The van der Waals surface area contributed by atoms with Crippen LogP contribution in [0.1, 0.15) is 20.3 Å². The molecule has 1 rings (SSSR count). The van der Waals surface area contributed by atoms with Gasteiger partial charge in [0.25, 0.3) is 0 Å². The van der Waals surface area contributed by atoms with Crippen molar-refractivity contribution in [3.63, 3.8) is 0 Å². The summed E-state index contributed by atoms with van der Waals surface area (Å²) in [6.07, 6.45) is 0.172. The van der Waals surface area contributed by atoms with Gasteiger partial charge in [-0.1, -0.05) is 11.6 Å². The number of carbonyl (C=O) groups excluding carboxylic acids is 2. The van der Waals surface area contributed by atoms with E-state index >= 15 is 0 Å². The fraction of sp³-hybridized carbons (Fsp3) is 0.714. The minimum atomic E-state index is -0.556. The number of urea groups is 1. The van der Waals surface area contributed by atoms with E-state index < -0.39 is 11.5 Å². The van der Waals surface area contributed by atoms with Crippen molar-refractivity contribution in [3.8, 4) is 0 Å². The van der Waals surface area contributed by atoms with E-state index in [0.29, 0.717) is 0 Å². The number of rotatable bonds is 1. The molecule has 1 unspecified atom stereocenters. The number of nitrogens with one attached hydrogen (secondary N) is 1. The predicted octanol–water partition coefficient (Wildman–Crippen LogP) is 0.902. The van der Waals surface area contributed by atoms with Gasteiger partial charge in [-0.2, -0.15) is 0 Å². The summed E-state index contributed by atoms with van der Waals surface area (Å²) in [6, 6.07) is -0.511. The van der Waals surface area contributed by atoms with Gasteiger partial charge in [0, 0.05) is 6.04 Å². The van der Waals surface area contributed by atoms with Crippen LogP contribution in [0.2, 0.25) is 0 Å². The Morgan fingerprint density at radius 1 is 1.58 bits per heavy atom. The molecule has 68 valence electrons. The molecule has 12 heavy (non-hydrogen) atoms. The average molecular weight is 191 g/mol. The number of amides is 3. The van der Waals surface area contributed by atoms with Crippen LogP contribution >= 0.6 is 11.6 Å². The maximum Gasteiger partial charge on any atom is 0.325 e. The molecule has 1 atom stereocenters. The smallest absolute Gasteiger partial charge is 0.321 e. The van der Waals surface area contributed by atoms with E-state index in [9.17, 15) is 9.59 Å². The highest BCUT2D eigenvalue weighted by molar-refractivity contribution is 6.23. The van der Waals surface area contributed by atoms with Crippen molar-refractivity contribution in [3.05, 3.63) is 0 Å². The fourth-order valence-corrected chi connectivity index (χ4v) is 1.37. The van der Waals surface area contributed by atoms with Gasteiger partial charge in [-0.15, -0.1) is 0 Å². The van der Waals surface area contributed by atoms with Crippen molar-refractivity contribution < 1.29 is 9.59 Å². The van der Waals surface area contributed by atoms with Crippen LogP contribution in [-0.2, 0) is 4.79 Å². The van der Waals surface area contributed by atoms with Crippen molar-refractivity contribution in [1.82, 2.24) is 10.2 Å². The maximum atomic E-state index is 11.2. The molecule has 0 aromatic carbocycles. The molecule has 5 heteroatoms. The number of hydrogen-bond donors (Lipinski definition) is 1. The van der Waals surface area contributed by atoms with E-state index in [2.05, 4.69) is 5.32 Å². The Hall–Kier alpha value is -0.770. The zero-order valence-electron chi connectivity index (χ0n) is 7.00. The van der Waals surface area contributed by atoms with Crippen molar-refractivity contribution in [1.29, 1.82) is 0 Å². The lowest BCUT2D eigenvalue weighted by atomic mass is 10.2. The van der Waals surface area contributed by atoms with Crippen LogP contribution in [0.25, 0.3) is 0 Å². The standard InChI is InChI=1S/C7H11ClN2O2/c1-4(2)10-6(11)3-5(8)9-7(10)12/h4-5H,3H2,1-2H3,(H,9,12). The molecule has 0 spiro atoms. The third-order valence-corrected chi connectivity index (χ3v) is 1.90. The van der Waals surface area contributed by atoms with Crippen molar-refractivity contribution in [2.45, 2.75) is 31.8 Å². The van der Waals surface area contributed by atoms with Crippen LogP contribution in [-0.4, -0.2) is 28.4 Å². The molecule has 0 bridgehead atoms. The van der Waals surface area contributed by atoms with Gasteiger partial charge in [0.1, 0.15) is 5.50 Å². The minimum Gasteiger partial charge on any atom is -0.321 e. The predicted molar refractivity (Wildman–Crippen MR) is 44.8 cm³/mol. The van der Waals surface area contributed by atoms with Gasteiger partial charge >= 0.3 is 6.03 Å². The van der Waals surface area contributed by atoms with E-state index in [1.54, 1.807) is 13.8 Å². The molecular weight excluding hydrogens is 180 g/mol. The highest BCUT2D eigenvalue weighted by Gasteiger charge is 2.32. The minimum absolute atomic E-state index is 0.110. The van der Waals surface area contributed by atoms with Gasteiger partial charge in [-0.25, -0.2) is 4.79 Å². The van der Waals surface area contributed by atoms with E-state index in [1.165, 1.54) is 4.90 Å². The molecule has 0 aromatic rings. The summed E-state index contributed by atoms with van der Waals surface area (Å²) in [5, 5.41) is 2.47. The number of carbonyl (C=O) groups is 2. The maximum absolute atomic E-state index is 11.2. The molecule has 1 aliphatic rings. The Bertz CT molecular complexity index is 199. The summed E-state index contributed by atoms with van der Waals surface area (Å²) < 4.78 is 0. The van der Waals surface area contributed by atoms with E-state index in [-0.39, 0.29) is 18.4 Å². The van der Waals surface area contributed by atoms with Crippen LogP contribution in [0.4, 0.5) is 4.79 Å². The Balaban J connectivity index is 2.74. The van der Waals surface area contributed by atoms with E-state index in [1.807, 2.05) is 0 Å². The second-order valence-corrected chi connectivity index (χ2v) is 3.51. The Morgan fingerprint density at radius 2 is 2.17 bits per heavy atom. The third kappa shape index (κ3) is 1.69. The first kappa shape index (κ1) is 9.32. The first-order valence-corrected chi connectivity index (χ1v) is 4.22. The van der Waals surface area contributed by atoms with Crippen LogP contribution in [0.15, 0.2) is 0 Å². The first-order valence-electron chi connectivity index (χ1n) is 3.79. The van der Waals surface area contributed by atoms with Gasteiger partial charge in [0.2, 0.25) is 5.91 Å². The molecule has 3 amide bonds. The second kappa shape index (κ2) is 3.31. The van der Waals surface area contributed by atoms with Crippen molar-refractivity contribution in [2.24, 2.45) is 0 Å². The van der Waals surface area contributed by atoms with E-state index in [0.717, 1.165) is 0 Å². The average Bonchev–Trinajstić information content (AvgIpc) is 1.82. The highest BCUT2D eigenvalue weighted by Crippen LogP contribution is 2.12. The number of nitrogens with zero attached hydrogens (tertiary/aromatic N) is 1. The van der Waals surface area contributed by atoms with Crippen LogP contribution in [0.3, 0.4) is 0 Å². The molecule has 0 radical (unpaired) electrons. The lowest BCUT2D eigenvalue weighted by molar-refractivity contribution is -0.130. The molecule has 4 nitrogen and oxygen atoms in total. The Morgan fingerprint density at radius 3 is 2.58 bits per heavy atom. The fourth-order valence-electron chi connectivity index (χ4n) is 1.14. The SMILES string of the molecule is CC(C)N1C(=O)CC(Cl)NC1=O. The van der Waals surface area contributed by atoms with Gasteiger partial charge in [-0.05, 0) is 13.8 Å². The highest BCUT2D eigenvalue weighted by atomic mass is 35.5. The molecule has 1 aliphatic heterocycles. The van der Waals surface area contributed by atoms with Crippen molar-refractivity contribution in [2.75, 3.05) is 0 Å². The largest absolute Gasteiger partial charge is 0.325 e. The molecule has 1 N–H and O–H groups in total. The summed E-state index contributed by atoms with van der Waals surface area (Å²) in [4.78, 5) is 23.6.